The molecule has 3 heterocycles. The van der Waals surface area contributed by atoms with Crippen LogP contribution in [0.2, 0.25) is 0 Å². The molecule has 0 atom stereocenters. The summed E-state index contributed by atoms with van der Waals surface area (Å²) in [4.78, 5) is 30.8. The molecule has 0 saturated carbocycles. The maximum atomic E-state index is 13.2. The maximum Gasteiger partial charge on any atom is 0.573 e. The van der Waals surface area contributed by atoms with Crippen molar-refractivity contribution in [3.8, 4) is 17.1 Å². The lowest BCUT2D eigenvalue weighted by atomic mass is 9.93. The van der Waals surface area contributed by atoms with Crippen molar-refractivity contribution in [3.63, 3.8) is 0 Å². The first-order chi connectivity index (χ1) is 19.1. The molecule has 2 aromatic heterocycles. The standard InChI is InChI=1S/C25H29F3N8O4/c1-34-7-9-36(10-8-34)16-4-6-19(40-25(26,27)28)18(13-16)30-24-29-14-15-3-5-17-21(23(38)33-39-12-11-37)32-35(2)22(17)20(15)31-24/h4,6,13-14,37H,3,5,7-12H2,1-2H3,(H,33,38)(H,29,30,31). The number of hydrogen-bond acceptors (Lipinski definition) is 10. The predicted molar refractivity (Wildman–Crippen MR) is 138 cm³/mol. The fraction of sp³-hybridized carbons (Fsp3) is 0.440. The molecular weight excluding hydrogens is 533 g/mol. The number of piperazine rings is 1. The predicted octanol–water partition coefficient (Wildman–Crippen LogP) is 2.02. The third-order valence-corrected chi connectivity index (χ3v) is 6.76. The third kappa shape index (κ3) is 5.95. The van der Waals surface area contributed by atoms with Gasteiger partial charge in [0.1, 0.15) is 0 Å². The van der Waals surface area contributed by atoms with Crippen LogP contribution < -0.4 is 20.4 Å². The third-order valence-electron chi connectivity index (χ3n) is 6.76. The number of carbonyl (C=O) groups is 1. The second kappa shape index (κ2) is 11.3. The zero-order valence-corrected chi connectivity index (χ0v) is 22.0. The Bertz CT molecular complexity index is 1390. The van der Waals surface area contributed by atoms with Gasteiger partial charge in [-0.15, -0.1) is 13.2 Å². The number of rotatable bonds is 8. The Morgan fingerprint density at radius 2 is 1.93 bits per heavy atom. The van der Waals surface area contributed by atoms with Crippen molar-refractivity contribution >= 4 is 23.2 Å². The number of nitrogens with one attached hydrogen (secondary N) is 2. The van der Waals surface area contributed by atoms with Gasteiger partial charge in [-0.05, 0) is 43.7 Å². The van der Waals surface area contributed by atoms with Gasteiger partial charge in [0.25, 0.3) is 5.91 Å². The number of likely N-dealkylation sites (N-methyl/N-ethyl adjacent to an activating group) is 1. The van der Waals surface area contributed by atoms with Crippen LogP contribution in [0.15, 0.2) is 24.4 Å². The molecule has 1 amide bonds. The first-order valence-electron chi connectivity index (χ1n) is 12.7. The molecule has 1 aliphatic carbocycles. The van der Waals surface area contributed by atoms with Crippen LogP contribution in [0.25, 0.3) is 11.4 Å². The highest BCUT2D eigenvalue weighted by Gasteiger charge is 2.33. The largest absolute Gasteiger partial charge is 0.573 e. The Morgan fingerprint density at radius 1 is 1.15 bits per heavy atom. The van der Waals surface area contributed by atoms with Gasteiger partial charge in [-0.2, -0.15) is 5.10 Å². The van der Waals surface area contributed by atoms with E-state index in [1.807, 2.05) is 7.05 Å². The van der Waals surface area contributed by atoms with Gasteiger partial charge in [0.2, 0.25) is 5.95 Å². The number of hydrogen-bond donors (Lipinski definition) is 3. The number of aromatic nitrogens is 4. The Balaban J connectivity index is 1.46. The normalized spacial score (nSPS) is 15.4. The van der Waals surface area contributed by atoms with Crippen molar-refractivity contribution in [2.75, 3.05) is 56.7 Å². The summed E-state index contributed by atoms with van der Waals surface area (Å²) in [5.74, 6) is -0.904. The molecule has 12 nitrogen and oxygen atoms in total. The number of aryl methyl sites for hydroxylation is 2. The van der Waals surface area contributed by atoms with Crippen LogP contribution in [0.1, 0.15) is 21.6 Å². The van der Waals surface area contributed by atoms with Crippen molar-refractivity contribution < 1.29 is 32.6 Å². The van der Waals surface area contributed by atoms with Gasteiger partial charge < -0.3 is 25.0 Å². The number of anilines is 3. The molecule has 5 rings (SSSR count). The number of nitrogens with zero attached hydrogens (tertiary/aromatic N) is 6. The van der Waals surface area contributed by atoms with Gasteiger partial charge in [-0.3, -0.25) is 14.3 Å². The van der Waals surface area contributed by atoms with E-state index >= 15 is 0 Å². The number of aliphatic hydroxyl groups is 1. The lowest BCUT2D eigenvalue weighted by molar-refractivity contribution is -0.274. The molecule has 2 aliphatic rings. The van der Waals surface area contributed by atoms with E-state index in [4.69, 9.17) is 9.94 Å². The van der Waals surface area contributed by atoms with Gasteiger partial charge in [-0.1, -0.05) is 0 Å². The molecule has 15 heteroatoms. The number of hydroxylamine groups is 1. The zero-order valence-electron chi connectivity index (χ0n) is 22.0. The van der Waals surface area contributed by atoms with E-state index in [1.54, 1.807) is 25.4 Å². The molecule has 3 N–H and O–H groups in total. The van der Waals surface area contributed by atoms with Crippen LogP contribution in [-0.4, -0.2) is 88.5 Å². The molecule has 0 radical (unpaired) electrons. The van der Waals surface area contributed by atoms with Crippen molar-refractivity contribution in [2.45, 2.75) is 19.2 Å². The minimum atomic E-state index is -4.88. The number of aliphatic hydroxyl groups excluding tert-OH is 1. The monoisotopic (exact) mass is 562 g/mol. The Labute approximate surface area is 227 Å². The summed E-state index contributed by atoms with van der Waals surface area (Å²) in [6, 6.07) is 4.48. The smallest absolute Gasteiger partial charge is 0.404 e. The van der Waals surface area contributed by atoms with Crippen LogP contribution in [0.5, 0.6) is 5.75 Å². The second-order valence-corrected chi connectivity index (χ2v) is 9.51. The highest BCUT2D eigenvalue weighted by molar-refractivity contribution is 5.95. The Kier molecular flexibility index (Phi) is 7.78. The Hall–Kier alpha value is -3.95. The maximum absolute atomic E-state index is 13.2. The number of ether oxygens (including phenoxy) is 1. The van der Waals surface area contributed by atoms with E-state index in [1.165, 1.54) is 10.7 Å². The van der Waals surface area contributed by atoms with E-state index in [0.29, 0.717) is 29.8 Å². The summed E-state index contributed by atoms with van der Waals surface area (Å²) in [5, 5.41) is 16.1. The number of carbonyl (C=O) groups excluding carboxylic acids is 1. The Morgan fingerprint density at radius 3 is 2.65 bits per heavy atom. The van der Waals surface area contributed by atoms with Crippen LogP contribution >= 0.6 is 0 Å². The van der Waals surface area contributed by atoms with E-state index in [-0.39, 0.29) is 30.5 Å². The number of amides is 1. The number of fused-ring (bicyclic) bond motifs is 3. The summed E-state index contributed by atoms with van der Waals surface area (Å²) < 4.78 is 45.4. The van der Waals surface area contributed by atoms with Crippen molar-refractivity contribution in [2.24, 2.45) is 7.05 Å². The first-order valence-corrected chi connectivity index (χ1v) is 12.7. The molecular formula is C25H29F3N8O4. The minimum Gasteiger partial charge on any atom is -0.404 e. The number of halogens is 3. The van der Waals surface area contributed by atoms with Gasteiger partial charge in [-0.25, -0.2) is 15.4 Å². The topological polar surface area (TPSA) is 130 Å². The van der Waals surface area contributed by atoms with E-state index in [0.717, 1.165) is 37.4 Å². The lowest BCUT2D eigenvalue weighted by Gasteiger charge is -2.34. The van der Waals surface area contributed by atoms with Crippen molar-refractivity contribution in [1.29, 1.82) is 0 Å². The quantitative estimate of drug-likeness (QED) is 0.277. The van der Waals surface area contributed by atoms with Gasteiger partial charge in [0.05, 0.1) is 30.3 Å². The highest BCUT2D eigenvalue weighted by atomic mass is 19.4. The van der Waals surface area contributed by atoms with Crippen molar-refractivity contribution in [1.82, 2.24) is 30.1 Å². The summed E-state index contributed by atoms with van der Waals surface area (Å²) in [6.45, 7) is 2.80. The molecule has 0 unspecified atom stereocenters. The lowest BCUT2D eigenvalue weighted by Crippen LogP contribution is -2.44. The van der Waals surface area contributed by atoms with E-state index < -0.39 is 18.0 Å². The molecule has 1 aliphatic heterocycles. The second-order valence-electron chi connectivity index (χ2n) is 9.51. The molecule has 1 saturated heterocycles. The van der Waals surface area contributed by atoms with E-state index in [9.17, 15) is 18.0 Å². The van der Waals surface area contributed by atoms with Crippen molar-refractivity contribution in [3.05, 3.63) is 41.2 Å². The fourth-order valence-electron chi connectivity index (χ4n) is 4.82. The highest BCUT2D eigenvalue weighted by Crippen LogP contribution is 2.37. The number of alkyl halides is 3. The zero-order chi connectivity index (χ0) is 28.4. The molecule has 3 aromatic rings. The first kappa shape index (κ1) is 27.6. The summed E-state index contributed by atoms with van der Waals surface area (Å²) in [6.07, 6.45) is -2.23. The molecule has 0 bridgehead atoms. The van der Waals surface area contributed by atoms with Gasteiger partial charge >= 0.3 is 6.36 Å². The van der Waals surface area contributed by atoms with Crippen LogP contribution in [0.3, 0.4) is 0 Å². The molecule has 1 aromatic carbocycles. The molecule has 0 spiro atoms. The molecule has 40 heavy (non-hydrogen) atoms. The van der Waals surface area contributed by atoms with Gasteiger partial charge in [0, 0.05) is 50.7 Å². The van der Waals surface area contributed by atoms with Crippen LogP contribution in [0.4, 0.5) is 30.5 Å². The van der Waals surface area contributed by atoms with Crippen LogP contribution in [0, 0.1) is 0 Å². The molecule has 214 valence electrons. The molecule has 1 fully saturated rings. The van der Waals surface area contributed by atoms with Crippen LogP contribution in [-0.2, 0) is 24.7 Å². The van der Waals surface area contributed by atoms with Gasteiger partial charge in [0.15, 0.2) is 11.4 Å². The minimum absolute atomic E-state index is 0.0626. The van der Waals surface area contributed by atoms with E-state index in [2.05, 4.69) is 40.4 Å². The fourth-order valence-corrected chi connectivity index (χ4v) is 4.82. The summed E-state index contributed by atoms with van der Waals surface area (Å²) in [5.41, 5.74) is 5.80. The summed E-state index contributed by atoms with van der Waals surface area (Å²) >= 11 is 0. The average molecular weight is 563 g/mol. The number of benzene rings is 1. The SMILES string of the molecule is CN1CCN(c2ccc(OC(F)(F)F)c(Nc3ncc4c(n3)-c3c(c(C(=O)NOCCO)nn3C)CC4)c2)CC1. The average Bonchev–Trinajstić information content (AvgIpc) is 3.26. The summed E-state index contributed by atoms with van der Waals surface area (Å²) in [7, 11) is 3.69.